The number of halogens is 2. The van der Waals surface area contributed by atoms with Gasteiger partial charge in [-0.25, -0.2) is 14.8 Å². The molecule has 2 aliphatic heterocycles. The number of amides is 2. The van der Waals surface area contributed by atoms with Crippen molar-refractivity contribution in [2.45, 2.75) is 31.5 Å². The summed E-state index contributed by atoms with van der Waals surface area (Å²) in [6.45, 7) is 1.11. The van der Waals surface area contributed by atoms with Crippen molar-refractivity contribution >= 4 is 58.0 Å². The Morgan fingerprint density at radius 3 is 2.74 bits per heavy atom. The third kappa shape index (κ3) is 6.14. The molecule has 4 heterocycles. The summed E-state index contributed by atoms with van der Waals surface area (Å²) in [5, 5.41) is 25.8. The van der Waals surface area contributed by atoms with Crippen molar-refractivity contribution in [2.24, 2.45) is 10.7 Å². The van der Waals surface area contributed by atoms with Crippen LogP contribution < -0.4 is 16.4 Å². The van der Waals surface area contributed by atoms with Crippen molar-refractivity contribution in [2.75, 3.05) is 32.8 Å². The molecular weight excluding hydrogens is 589 g/mol. The second kappa shape index (κ2) is 12.5. The molecule has 0 aliphatic carbocycles. The number of aliphatic hydroxyl groups excluding tert-OH is 1. The van der Waals surface area contributed by atoms with Crippen LogP contribution in [-0.4, -0.2) is 93.7 Å². The average Bonchev–Trinajstić information content (AvgIpc) is 3.60. The van der Waals surface area contributed by atoms with E-state index in [1.165, 1.54) is 0 Å². The average molecular weight is 618 g/mol. The van der Waals surface area contributed by atoms with E-state index in [-0.39, 0.29) is 47.0 Å². The summed E-state index contributed by atoms with van der Waals surface area (Å²) in [5.41, 5.74) is 7.19. The Hall–Kier alpha value is -3.91. The van der Waals surface area contributed by atoms with E-state index in [9.17, 15) is 24.6 Å². The van der Waals surface area contributed by atoms with Gasteiger partial charge < -0.3 is 40.8 Å². The lowest BCUT2D eigenvalue weighted by Gasteiger charge is -2.30. The number of benzene rings is 1. The van der Waals surface area contributed by atoms with E-state index in [0.717, 1.165) is 0 Å². The fraction of sp³-hybridized carbons (Fsp3) is 0.370. The van der Waals surface area contributed by atoms with E-state index >= 15 is 0 Å². The molecule has 0 spiro atoms. The molecule has 13 nitrogen and oxygen atoms in total. The molecule has 2 amide bonds. The van der Waals surface area contributed by atoms with Crippen molar-refractivity contribution in [3.05, 3.63) is 63.0 Å². The lowest BCUT2D eigenvalue weighted by Crippen LogP contribution is -2.51. The number of aliphatic imine (C=N–C) groups is 1. The summed E-state index contributed by atoms with van der Waals surface area (Å²) in [7, 11) is 0. The van der Waals surface area contributed by atoms with E-state index in [2.05, 4.69) is 20.6 Å². The molecule has 5 rings (SSSR count). The maximum Gasteiger partial charge on any atom is 0.328 e. The molecule has 2 aliphatic rings. The third-order valence-corrected chi connectivity index (χ3v) is 7.91. The normalized spacial score (nSPS) is 17.7. The molecule has 1 fully saturated rings. The minimum absolute atomic E-state index is 0.0204. The largest absolute Gasteiger partial charge is 0.480 e. The summed E-state index contributed by atoms with van der Waals surface area (Å²) < 4.78 is 5.62. The van der Waals surface area contributed by atoms with Crippen LogP contribution in [0.1, 0.15) is 38.5 Å². The number of likely N-dealkylation sites (tertiary alicyclic amines) is 1. The second-order valence-corrected chi connectivity index (χ2v) is 10.8. The van der Waals surface area contributed by atoms with E-state index in [4.69, 9.17) is 33.4 Å². The van der Waals surface area contributed by atoms with Crippen LogP contribution in [0.3, 0.4) is 0 Å². The zero-order chi connectivity index (χ0) is 30.0. The van der Waals surface area contributed by atoms with Gasteiger partial charge >= 0.3 is 5.97 Å². The SMILES string of the molecule is NC/N=C(/NC[C@H](NC(=O)c1c(Cl)cc2c(c1Cl)CCN(C(=O)c1cc3cccnc3o1)C2)C(=O)O)N1CC[C@H](O)C1. The lowest BCUT2D eigenvalue weighted by atomic mass is 9.96. The molecule has 222 valence electrons. The number of carbonyl (C=O) groups excluding carboxylic acids is 2. The quantitative estimate of drug-likeness (QED) is 0.192. The molecule has 2 aromatic heterocycles. The van der Waals surface area contributed by atoms with Gasteiger partial charge in [0.2, 0.25) is 5.71 Å². The van der Waals surface area contributed by atoms with Gasteiger partial charge in [-0.2, -0.15) is 0 Å². The number of furan rings is 1. The molecule has 6 N–H and O–H groups in total. The number of β-amino-alcohol motifs (C(OH)–C–C–N with tert-alkyl or cyclic N) is 1. The van der Waals surface area contributed by atoms with Gasteiger partial charge in [0.1, 0.15) is 6.04 Å². The van der Waals surface area contributed by atoms with Crippen LogP contribution >= 0.6 is 23.2 Å². The number of hydrogen-bond donors (Lipinski definition) is 5. The standard InChI is InChI=1S/C27H29Cl2N7O6/c28-18-8-15-11-35(25(39)20-9-14-2-1-5-31-24(14)42-20)7-4-17(15)22(29)21(18)23(38)34-19(26(40)41)10-32-27(33-13-30)36-6-3-16(37)12-36/h1-2,5,8-9,16,19,37H,3-4,6-7,10-13,30H2,(H,32,33)(H,34,38)(H,40,41)/t16-,19-/m0/s1. The highest BCUT2D eigenvalue weighted by atomic mass is 35.5. The number of carbonyl (C=O) groups is 3. The van der Waals surface area contributed by atoms with Crippen LogP contribution in [0.15, 0.2) is 39.9 Å². The van der Waals surface area contributed by atoms with Gasteiger partial charge in [0.15, 0.2) is 11.7 Å². The number of nitrogens with two attached hydrogens (primary N) is 1. The van der Waals surface area contributed by atoms with Crippen LogP contribution in [0.4, 0.5) is 0 Å². The van der Waals surface area contributed by atoms with Crippen molar-refractivity contribution < 1.29 is 29.0 Å². The molecule has 0 saturated carbocycles. The second-order valence-electron chi connectivity index (χ2n) is 9.97. The number of aromatic nitrogens is 1. The topological polar surface area (TPSA) is 187 Å². The van der Waals surface area contributed by atoms with E-state index in [0.29, 0.717) is 60.7 Å². The molecular formula is C27H29Cl2N7O6. The van der Waals surface area contributed by atoms with Gasteiger partial charge in [-0.3, -0.25) is 9.59 Å². The van der Waals surface area contributed by atoms with Gasteiger partial charge in [-0.1, -0.05) is 23.2 Å². The Morgan fingerprint density at radius 1 is 1.24 bits per heavy atom. The van der Waals surface area contributed by atoms with Crippen molar-refractivity contribution in [1.82, 2.24) is 25.4 Å². The number of pyridine rings is 1. The Bertz CT molecular complexity index is 1530. The maximum atomic E-state index is 13.3. The van der Waals surface area contributed by atoms with Gasteiger partial charge in [0.25, 0.3) is 11.8 Å². The van der Waals surface area contributed by atoms with Crippen LogP contribution in [0.5, 0.6) is 0 Å². The van der Waals surface area contributed by atoms with Crippen LogP contribution in [0, 0.1) is 0 Å². The fourth-order valence-electron chi connectivity index (χ4n) is 5.08. The van der Waals surface area contributed by atoms with E-state index in [1.54, 1.807) is 40.3 Å². The molecule has 3 aromatic rings. The molecule has 1 saturated heterocycles. The minimum atomic E-state index is -1.36. The zero-order valence-corrected chi connectivity index (χ0v) is 23.9. The number of hydrogen-bond acceptors (Lipinski definition) is 8. The molecule has 0 bridgehead atoms. The summed E-state index contributed by atoms with van der Waals surface area (Å²) >= 11 is 13.1. The number of carboxylic acid groups (broad SMARTS) is 1. The van der Waals surface area contributed by atoms with E-state index < -0.39 is 24.0 Å². The Balaban J connectivity index is 1.29. The number of carboxylic acids is 1. The first kappa shape index (κ1) is 29.6. The predicted molar refractivity (Wildman–Crippen MR) is 154 cm³/mol. The highest BCUT2D eigenvalue weighted by molar-refractivity contribution is 6.40. The molecule has 2 atom stereocenters. The minimum Gasteiger partial charge on any atom is -0.480 e. The highest BCUT2D eigenvalue weighted by Gasteiger charge is 2.31. The van der Waals surface area contributed by atoms with Crippen LogP contribution in [0.25, 0.3) is 11.1 Å². The van der Waals surface area contributed by atoms with Gasteiger partial charge in [-0.15, -0.1) is 0 Å². The van der Waals surface area contributed by atoms with Crippen molar-refractivity contribution in [3.8, 4) is 0 Å². The Morgan fingerprint density at radius 2 is 2.05 bits per heavy atom. The number of nitrogens with zero attached hydrogens (tertiary/aromatic N) is 4. The number of nitrogens with one attached hydrogen (secondary N) is 2. The first-order valence-corrected chi connectivity index (χ1v) is 14.0. The number of rotatable bonds is 7. The number of guanidine groups is 1. The number of fused-ring (bicyclic) bond motifs is 2. The third-order valence-electron chi connectivity index (χ3n) is 7.20. The maximum absolute atomic E-state index is 13.3. The first-order valence-electron chi connectivity index (χ1n) is 13.2. The van der Waals surface area contributed by atoms with Gasteiger partial charge in [0.05, 0.1) is 28.4 Å². The Kier molecular flexibility index (Phi) is 8.82. The molecule has 42 heavy (non-hydrogen) atoms. The molecule has 0 radical (unpaired) electrons. The summed E-state index contributed by atoms with van der Waals surface area (Å²) in [5.74, 6) is -1.87. The molecule has 0 unspecified atom stereocenters. The number of aliphatic carboxylic acids is 1. The molecule has 15 heteroatoms. The smallest absolute Gasteiger partial charge is 0.328 e. The molecule has 1 aromatic carbocycles. The Labute approximate surface area is 250 Å². The van der Waals surface area contributed by atoms with Gasteiger partial charge in [0, 0.05) is 44.3 Å². The fourth-order valence-corrected chi connectivity index (χ4v) is 5.84. The van der Waals surface area contributed by atoms with Crippen molar-refractivity contribution in [1.29, 1.82) is 0 Å². The summed E-state index contributed by atoms with van der Waals surface area (Å²) in [4.78, 5) is 50.0. The van der Waals surface area contributed by atoms with Crippen LogP contribution in [-0.2, 0) is 17.8 Å². The monoisotopic (exact) mass is 617 g/mol. The van der Waals surface area contributed by atoms with Gasteiger partial charge in [-0.05, 0) is 48.2 Å². The van der Waals surface area contributed by atoms with E-state index in [1.807, 2.05) is 0 Å². The van der Waals surface area contributed by atoms with Crippen LogP contribution in [0.2, 0.25) is 10.0 Å². The highest BCUT2D eigenvalue weighted by Crippen LogP contribution is 2.35. The predicted octanol–water partition coefficient (Wildman–Crippen LogP) is 1.44. The first-order chi connectivity index (χ1) is 20.2. The summed E-state index contributed by atoms with van der Waals surface area (Å²) in [6.07, 6.45) is 1.95. The zero-order valence-electron chi connectivity index (χ0n) is 22.3. The lowest BCUT2D eigenvalue weighted by molar-refractivity contribution is -0.139. The number of aliphatic hydroxyl groups is 1. The summed E-state index contributed by atoms with van der Waals surface area (Å²) in [6, 6.07) is 5.40. The van der Waals surface area contributed by atoms with Crippen molar-refractivity contribution in [3.63, 3.8) is 0 Å².